The smallest absolute Gasteiger partial charge is 0.271 e. The first kappa shape index (κ1) is 41.1. The average Bonchev–Trinajstić information content (AvgIpc) is 3.96. The summed E-state index contributed by atoms with van der Waals surface area (Å²) in [4.78, 5) is 58.3. The van der Waals surface area contributed by atoms with Gasteiger partial charge in [0, 0.05) is 62.5 Å². The number of piperidine rings is 2. The monoisotopic (exact) mass is 840 g/mol. The van der Waals surface area contributed by atoms with Crippen LogP contribution in [0.5, 0.6) is 0 Å². The summed E-state index contributed by atoms with van der Waals surface area (Å²) in [6.45, 7) is 9.64. The Morgan fingerprint density at radius 1 is 0.847 bits per heavy atom. The summed E-state index contributed by atoms with van der Waals surface area (Å²) >= 11 is 2.56. The van der Waals surface area contributed by atoms with Gasteiger partial charge in [0.15, 0.2) is 23.0 Å². The van der Waals surface area contributed by atoms with Crippen LogP contribution in [0.25, 0.3) is 0 Å². The van der Waals surface area contributed by atoms with E-state index in [-0.39, 0.29) is 41.3 Å². The number of amides is 3. The number of fused-ring (bicyclic) bond motifs is 1. The third-order valence-corrected chi connectivity index (χ3v) is 11.7. The lowest BCUT2D eigenvalue weighted by molar-refractivity contribution is -0.118. The largest absolute Gasteiger partial charge is 0.364 e. The predicted octanol–water partition coefficient (Wildman–Crippen LogP) is 2.98. The zero-order valence-electron chi connectivity index (χ0n) is 33.0. The first-order valence-corrected chi connectivity index (χ1v) is 21.0. The third-order valence-electron chi connectivity index (χ3n) is 10.1. The number of aromatic nitrogens is 6. The van der Waals surface area contributed by atoms with E-state index in [0.29, 0.717) is 35.4 Å². The number of aryl methyl sites for hydroxylation is 2. The minimum Gasteiger partial charge on any atom is -0.364 e. The molecule has 4 atom stereocenters. The molecule has 9 N–H and O–H groups in total. The van der Waals surface area contributed by atoms with Crippen LogP contribution < -0.4 is 43.0 Å². The first-order valence-electron chi connectivity index (χ1n) is 19.5. The van der Waals surface area contributed by atoms with Crippen molar-refractivity contribution >= 4 is 80.3 Å². The highest BCUT2D eigenvalue weighted by Gasteiger charge is 2.31. The van der Waals surface area contributed by atoms with E-state index in [1.807, 2.05) is 49.4 Å². The Balaban J connectivity index is 0.000000198. The van der Waals surface area contributed by atoms with Gasteiger partial charge in [0.2, 0.25) is 0 Å². The quantitative estimate of drug-likeness (QED) is 0.127. The molecule has 2 fully saturated rings. The number of likely N-dealkylation sites (N-methyl/N-ethyl adjacent to an activating group) is 1. The molecule has 1 aliphatic carbocycles. The molecule has 3 aliphatic heterocycles. The molecule has 7 heterocycles. The number of nitrogens with zero attached hydrogens (tertiary/aromatic N) is 10. The molecule has 0 spiro atoms. The van der Waals surface area contributed by atoms with Crippen LogP contribution in [0.1, 0.15) is 65.0 Å². The van der Waals surface area contributed by atoms with Gasteiger partial charge in [0.1, 0.15) is 21.6 Å². The molecule has 59 heavy (non-hydrogen) atoms. The number of hydrazone groups is 1. The Bertz CT molecular complexity index is 2270. The molecule has 4 aromatic rings. The Labute approximate surface area is 349 Å². The van der Waals surface area contributed by atoms with Crippen LogP contribution >= 0.6 is 23.1 Å². The second-order valence-electron chi connectivity index (χ2n) is 14.7. The number of carbonyl (C=O) groups is 3. The van der Waals surface area contributed by atoms with E-state index in [9.17, 15) is 14.4 Å². The van der Waals surface area contributed by atoms with E-state index in [0.717, 1.165) is 73.3 Å². The van der Waals surface area contributed by atoms with Crippen molar-refractivity contribution in [2.45, 2.75) is 64.6 Å². The summed E-state index contributed by atoms with van der Waals surface area (Å²) in [5.41, 5.74) is 19.5. The van der Waals surface area contributed by atoms with Crippen LogP contribution in [0.2, 0.25) is 0 Å². The summed E-state index contributed by atoms with van der Waals surface area (Å²) in [6.07, 6.45) is 14.7. The molecule has 21 heteroatoms. The third kappa shape index (κ3) is 9.98. The van der Waals surface area contributed by atoms with Gasteiger partial charge in [-0.3, -0.25) is 19.4 Å². The van der Waals surface area contributed by atoms with Crippen molar-refractivity contribution in [3.05, 3.63) is 71.1 Å². The number of primary amides is 2. The Morgan fingerprint density at radius 2 is 1.42 bits per heavy atom. The topological polar surface area (TPSA) is 265 Å². The highest BCUT2D eigenvalue weighted by Crippen LogP contribution is 2.29. The lowest BCUT2D eigenvalue weighted by Crippen LogP contribution is -2.48. The van der Waals surface area contributed by atoms with E-state index < -0.39 is 11.8 Å². The van der Waals surface area contributed by atoms with E-state index >= 15 is 0 Å². The van der Waals surface area contributed by atoms with Crippen LogP contribution in [-0.2, 0) is 4.79 Å². The van der Waals surface area contributed by atoms with Gasteiger partial charge in [0.25, 0.3) is 17.7 Å². The number of nitrogens with two attached hydrogens (primary N) is 3. The normalized spacial score (nSPS) is 20.9. The molecule has 2 saturated heterocycles. The Hall–Kier alpha value is -6.06. The minimum absolute atomic E-state index is 0.0409. The maximum atomic E-state index is 13.0. The van der Waals surface area contributed by atoms with Gasteiger partial charge in [-0.25, -0.2) is 19.9 Å². The number of hydrogen-bond acceptors (Lipinski definition) is 18. The summed E-state index contributed by atoms with van der Waals surface area (Å²) in [7, 11) is 0. The van der Waals surface area contributed by atoms with Gasteiger partial charge in [-0.2, -0.15) is 13.8 Å². The molecule has 0 radical (unpaired) electrons. The van der Waals surface area contributed by atoms with Crippen LogP contribution in [0.15, 0.2) is 53.4 Å². The molecule has 0 aromatic carbocycles. The fourth-order valence-electron chi connectivity index (χ4n) is 7.27. The average molecular weight is 841 g/mol. The van der Waals surface area contributed by atoms with Gasteiger partial charge in [-0.1, -0.05) is 18.2 Å². The predicted molar refractivity (Wildman–Crippen MR) is 230 cm³/mol. The molecule has 19 nitrogen and oxygen atoms in total. The fraction of sp³-hybridized carbons (Fsp3) is 0.421. The molecular weight excluding hydrogens is 793 g/mol. The molecule has 4 aliphatic rings. The second-order valence-corrected chi connectivity index (χ2v) is 16.3. The minimum atomic E-state index is -0.660. The van der Waals surface area contributed by atoms with Gasteiger partial charge >= 0.3 is 0 Å². The molecule has 0 bridgehead atoms. The van der Waals surface area contributed by atoms with E-state index in [1.165, 1.54) is 23.1 Å². The van der Waals surface area contributed by atoms with Gasteiger partial charge in [0.05, 0.1) is 29.8 Å². The maximum absolute atomic E-state index is 13.0. The van der Waals surface area contributed by atoms with Crippen molar-refractivity contribution in [3.8, 4) is 0 Å². The molecule has 3 amide bonds. The number of nitrogens with one attached hydrogen (secondary N) is 3. The summed E-state index contributed by atoms with van der Waals surface area (Å²) in [5.74, 6) is 0.691. The molecular formula is C38H48N16O3S2. The van der Waals surface area contributed by atoms with E-state index in [1.54, 1.807) is 12.4 Å². The first-order chi connectivity index (χ1) is 28.4. The molecule has 0 saturated carbocycles. The number of hydrogen-bond donors (Lipinski definition) is 6. The SMILES string of the molecule is CCN1N=CC2C=C(C(=O)N[C@@H]3CCCN(c4cnc(C(N)=O)c(Nc5cc(C)ns5)n4)C3)C=CC21.Cc1cc(Nc2nc(N3CCC[C@@H](N)C3)cnc2C(N)=O)sn1. The van der Waals surface area contributed by atoms with Crippen molar-refractivity contribution < 1.29 is 14.4 Å². The standard InChI is InChI=1S/C24H29N9O2S.C14H19N7OS/c1-3-33-18-7-6-15(10-16(18)11-27-33)24(35)28-17-5-4-8-32(13-17)19-12-26-21(22(25)34)23(29-19)30-20-9-14(2)31-36-20;1-8-5-11(23-20-8)19-14-12(13(16)22)17-6-10(18-14)21-4-2-3-9(15)7-21/h6-7,9-12,16-18H,3-5,8,13H2,1-2H3,(H2,25,34)(H,28,35)(H,29,30);5-6,9H,2-4,7,15H2,1H3,(H2,16,22)(H,18,19)/t16?,17-,18?;9-/m11/s1. The lowest BCUT2D eigenvalue weighted by Gasteiger charge is -2.34. The Kier molecular flexibility index (Phi) is 12.7. The number of rotatable bonds is 11. The van der Waals surface area contributed by atoms with E-state index in [4.69, 9.17) is 17.2 Å². The number of carbonyl (C=O) groups excluding carboxylic acids is 3. The van der Waals surface area contributed by atoms with Crippen molar-refractivity contribution in [3.63, 3.8) is 0 Å². The van der Waals surface area contributed by atoms with Crippen LogP contribution in [-0.4, -0.2) is 108 Å². The maximum Gasteiger partial charge on any atom is 0.271 e. The summed E-state index contributed by atoms with van der Waals surface area (Å²) < 4.78 is 8.44. The molecule has 8 rings (SSSR count). The zero-order valence-corrected chi connectivity index (χ0v) is 34.7. The highest BCUT2D eigenvalue weighted by molar-refractivity contribution is 7.10. The molecule has 2 unspecified atom stereocenters. The molecule has 4 aromatic heterocycles. The fourth-order valence-corrected chi connectivity index (χ4v) is 8.59. The summed E-state index contributed by atoms with van der Waals surface area (Å²) in [6, 6.07) is 4.02. The van der Waals surface area contributed by atoms with Crippen LogP contribution in [0, 0.1) is 19.8 Å². The van der Waals surface area contributed by atoms with Crippen molar-refractivity contribution in [1.82, 2.24) is 39.0 Å². The zero-order chi connectivity index (χ0) is 41.6. The van der Waals surface area contributed by atoms with Gasteiger partial charge in [-0.05, 0) is 81.7 Å². The van der Waals surface area contributed by atoms with Gasteiger partial charge in [-0.15, -0.1) is 0 Å². The lowest BCUT2D eigenvalue weighted by atomic mass is 9.92. The van der Waals surface area contributed by atoms with Crippen LogP contribution in [0.3, 0.4) is 0 Å². The number of anilines is 6. The van der Waals surface area contributed by atoms with Gasteiger partial charge < -0.3 is 43.0 Å². The molecule has 310 valence electrons. The van der Waals surface area contributed by atoms with E-state index in [2.05, 4.69) is 72.5 Å². The summed E-state index contributed by atoms with van der Waals surface area (Å²) in [5, 5.41) is 17.4. The van der Waals surface area contributed by atoms with Crippen LogP contribution in [0.4, 0.5) is 33.3 Å². The second kappa shape index (κ2) is 18.2. The Morgan fingerprint density at radius 3 is 1.95 bits per heavy atom. The highest BCUT2D eigenvalue weighted by atomic mass is 32.1. The van der Waals surface area contributed by atoms with Crippen molar-refractivity contribution in [1.29, 1.82) is 0 Å². The van der Waals surface area contributed by atoms with Crippen molar-refractivity contribution in [2.24, 2.45) is 28.2 Å². The van der Waals surface area contributed by atoms with Crippen molar-refractivity contribution in [2.75, 3.05) is 53.2 Å².